The standard InChI is InChI=1S/C18H22N2O2/c1-4-14-9-11-15(12-10-14)20-18(21)13(2)19-16-7-5-6-8-17(16)22-3/h5-13,19H,4H2,1-3H3,(H,20,21). The molecular weight excluding hydrogens is 276 g/mol. The number of carbonyl (C=O) groups is 1. The average molecular weight is 298 g/mol. The van der Waals surface area contributed by atoms with Crippen molar-refractivity contribution in [1.82, 2.24) is 0 Å². The van der Waals surface area contributed by atoms with Crippen LogP contribution in [0, 0.1) is 0 Å². The Balaban J connectivity index is 1.99. The largest absolute Gasteiger partial charge is 0.495 e. The van der Waals surface area contributed by atoms with Gasteiger partial charge in [-0.2, -0.15) is 0 Å². The average Bonchev–Trinajstić information content (AvgIpc) is 2.56. The van der Waals surface area contributed by atoms with E-state index in [1.165, 1.54) is 5.56 Å². The predicted molar refractivity (Wildman–Crippen MR) is 90.5 cm³/mol. The molecule has 4 nitrogen and oxygen atoms in total. The third-order valence-electron chi connectivity index (χ3n) is 3.50. The fraction of sp³-hybridized carbons (Fsp3) is 0.278. The number of benzene rings is 2. The summed E-state index contributed by atoms with van der Waals surface area (Å²) in [7, 11) is 1.61. The number of aryl methyl sites for hydroxylation is 1. The fourth-order valence-corrected chi connectivity index (χ4v) is 2.14. The van der Waals surface area contributed by atoms with Gasteiger partial charge in [-0.05, 0) is 43.2 Å². The molecule has 0 saturated heterocycles. The van der Waals surface area contributed by atoms with Gasteiger partial charge < -0.3 is 15.4 Å². The number of nitrogens with one attached hydrogen (secondary N) is 2. The molecule has 2 N–H and O–H groups in total. The normalized spacial score (nSPS) is 11.6. The number of anilines is 2. The van der Waals surface area contributed by atoms with Gasteiger partial charge in [-0.1, -0.05) is 31.2 Å². The van der Waals surface area contributed by atoms with E-state index in [1.807, 2.05) is 55.5 Å². The number of methoxy groups -OCH3 is 1. The van der Waals surface area contributed by atoms with E-state index in [0.717, 1.165) is 23.5 Å². The van der Waals surface area contributed by atoms with Crippen molar-refractivity contribution in [2.75, 3.05) is 17.7 Å². The van der Waals surface area contributed by atoms with E-state index in [4.69, 9.17) is 4.74 Å². The first-order valence-corrected chi connectivity index (χ1v) is 7.43. The van der Waals surface area contributed by atoms with Gasteiger partial charge >= 0.3 is 0 Å². The van der Waals surface area contributed by atoms with Crippen LogP contribution in [0.5, 0.6) is 5.75 Å². The van der Waals surface area contributed by atoms with Crippen molar-refractivity contribution in [2.45, 2.75) is 26.3 Å². The minimum absolute atomic E-state index is 0.0878. The highest BCUT2D eigenvalue weighted by atomic mass is 16.5. The van der Waals surface area contributed by atoms with E-state index in [2.05, 4.69) is 17.6 Å². The molecule has 0 aliphatic carbocycles. The van der Waals surface area contributed by atoms with E-state index in [0.29, 0.717) is 0 Å². The summed E-state index contributed by atoms with van der Waals surface area (Å²) in [5.74, 6) is 0.629. The zero-order valence-electron chi connectivity index (χ0n) is 13.2. The smallest absolute Gasteiger partial charge is 0.246 e. The summed E-state index contributed by atoms with van der Waals surface area (Å²) in [6.45, 7) is 3.93. The van der Waals surface area contributed by atoms with Gasteiger partial charge in [-0.15, -0.1) is 0 Å². The molecule has 2 aromatic carbocycles. The van der Waals surface area contributed by atoms with Crippen LogP contribution in [-0.2, 0) is 11.2 Å². The molecule has 0 aliphatic rings. The first kappa shape index (κ1) is 15.9. The van der Waals surface area contributed by atoms with E-state index in [9.17, 15) is 4.79 Å². The second kappa shape index (κ2) is 7.50. The van der Waals surface area contributed by atoms with Crippen molar-refractivity contribution in [1.29, 1.82) is 0 Å². The monoisotopic (exact) mass is 298 g/mol. The molecule has 22 heavy (non-hydrogen) atoms. The Morgan fingerprint density at radius 3 is 2.45 bits per heavy atom. The molecule has 0 heterocycles. The van der Waals surface area contributed by atoms with Crippen LogP contribution in [0.1, 0.15) is 19.4 Å². The van der Waals surface area contributed by atoms with Crippen LogP contribution in [0.25, 0.3) is 0 Å². The minimum atomic E-state index is -0.373. The molecule has 0 aliphatic heterocycles. The molecule has 0 saturated carbocycles. The topological polar surface area (TPSA) is 50.4 Å². The summed E-state index contributed by atoms with van der Waals surface area (Å²) in [6.07, 6.45) is 0.986. The van der Waals surface area contributed by atoms with Gasteiger partial charge in [0.05, 0.1) is 12.8 Å². The first-order valence-electron chi connectivity index (χ1n) is 7.43. The molecule has 2 rings (SSSR count). The Bertz CT molecular complexity index is 623. The molecule has 1 unspecified atom stereocenters. The summed E-state index contributed by atoms with van der Waals surface area (Å²) in [4.78, 5) is 12.3. The summed E-state index contributed by atoms with van der Waals surface area (Å²) in [5.41, 5.74) is 2.85. The van der Waals surface area contributed by atoms with Crippen molar-refractivity contribution >= 4 is 17.3 Å². The van der Waals surface area contributed by atoms with Gasteiger partial charge in [-0.25, -0.2) is 0 Å². The van der Waals surface area contributed by atoms with Crippen molar-refractivity contribution in [2.24, 2.45) is 0 Å². The summed E-state index contributed by atoms with van der Waals surface area (Å²) < 4.78 is 5.28. The molecule has 0 bridgehead atoms. The summed E-state index contributed by atoms with van der Waals surface area (Å²) in [5, 5.41) is 6.08. The number of hydrogen-bond donors (Lipinski definition) is 2. The highest BCUT2D eigenvalue weighted by Crippen LogP contribution is 2.24. The fourth-order valence-electron chi connectivity index (χ4n) is 2.14. The molecule has 4 heteroatoms. The number of ether oxygens (including phenoxy) is 1. The van der Waals surface area contributed by atoms with Crippen LogP contribution < -0.4 is 15.4 Å². The zero-order chi connectivity index (χ0) is 15.9. The maximum absolute atomic E-state index is 12.3. The lowest BCUT2D eigenvalue weighted by atomic mass is 10.1. The second-order valence-corrected chi connectivity index (χ2v) is 5.11. The van der Waals surface area contributed by atoms with Crippen LogP contribution >= 0.6 is 0 Å². The Hall–Kier alpha value is -2.49. The number of amides is 1. The van der Waals surface area contributed by atoms with E-state index < -0.39 is 0 Å². The van der Waals surface area contributed by atoms with Crippen LogP contribution in [-0.4, -0.2) is 19.1 Å². The Morgan fingerprint density at radius 2 is 1.82 bits per heavy atom. The van der Waals surface area contributed by atoms with Gasteiger partial charge in [0.1, 0.15) is 11.8 Å². The highest BCUT2D eigenvalue weighted by Gasteiger charge is 2.14. The maximum Gasteiger partial charge on any atom is 0.246 e. The molecular formula is C18H22N2O2. The van der Waals surface area contributed by atoms with E-state index in [-0.39, 0.29) is 11.9 Å². The number of para-hydroxylation sites is 2. The summed E-state index contributed by atoms with van der Waals surface area (Å²) in [6, 6.07) is 15.1. The van der Waals surface area contributed by atoms with Crippen LogP contribution in [0.2, 0.25) is 0 Å². The summed E-state index contributed by atoms with van der Waals surface area (Å²) >= 11 is 0. The second-order valence-electron chi connectivity index (χ2n) is 5.11. The Morgan fingerprint density at radius 1 is 1.14 bits per heavy atom. The highest BCUT2D eigenvalue weighted by molar-refractivity contribution is 5.96. The van der Waals surface area contributed by atoms with Crippen LogP contribution in [0.15, 0.2) is 48.5 Å². The van der Waals surface area contributed by atoms with E-state index >= 15 is 0 Å². The Kier molecular flexibility index (Phi) is 5.42. The first-order chi connectivity index (χ1) is 10.6. The lowest BCUT2D eigenvalue weighted by Gasteiger charge is -2.17. The number of hydrogen-bond acceptors (Lipinski definition) is 3. The van der Waals surface area contributed by atoms with Gasteiger partial charge in [0, 0.05) is 5.69 Å². The molecule has 0 aromatic heterocycles. The van der Waals surface area contributed by atoms with Gasteiger partial charge in [0.25, 0.3) is 0 Å². The van der Waals surface area contributed by atoms with E-state index in [1.54, 1.807) is 7.11 Å². The molecule has 0 radical (unpaired) electrons. The zero-order valence-corrected chi connectivity index (χ0v) is 13.2. The van der Waals surface area contributed by atoms with Crippen LogP contribution in [0.3, 0.4) is 0 Å². The van der Waals surface area contributed by atoms with Crippen molar-refractivity contribution < 1.29 is 9.53 Å². The SMILES string of the molecule is CCc1ccc(NC(=O)C(C)Nc2ccccc2OC)cc1. The van der Waals surface area contributed by atoms with Gasteiger partial charge in [-0.3, -0.25) is 4.79 Å². The molecule has 2 aromatic rings. The third-order valence-corrected chi connectivity index (χ3v) is 3.50. The lowest BCUT2D eigenvalue weighted by molar-refractivity contribution is -0.116. The molecule has 0 spiro atoms. The quantitative estimate of drug-likeness (QED) is 0.855. The van der Waals surface area contributed by atoms with Gasteiger partial charge in [0.15, 0.2) is 0 Å². The van der Waals surface area contributed by atoms with Crippen molar-refractivity contribution in [3.63, 3.8) is 0 Å². The lowest BCUT2D eigenvalue weighted by Crippen LogP contribution is -2.32. The van der Waals surface area contributed by atoms with Crippen LogP contribution in [0.4, 0.5) is 11.4 Å². The molecule has 1 amide bonds. The van der Waals surface area contributed by atoms with Crippen molar-refractivity contribution in [3.8, 4) is 5.75 Å². The van der Waals surface area contributed by atoms with Gasteiger partial charge in [0.2, 0.25) is 5.91 Å². The third kappa shape index (κ3) is 4.01. The number of rotatable bonds is 6. The Labute approximate surface area is 131 Å². The maximum atomic E-state index is 12.3. The minimum Gasteiger partial charge on any atom is -0.495 e. The molecule has 0 fully saturated rings. The molecule has 116 valence electrons. The molecule has 1 atom stereocenters. The van der Waals surface area contributed by atoms with Crippen molar-refractivity contribution in [3.05, 3.63) is 54.1 Å². The number of carbonyl (C=O) groups excluding carboxylic acids is 1. The predicted octanol–water partition coefficient (Wildman–Crippen LogP) is 3.70.